The lowest BCUT2D eigenvalue weighted by molar-refractivity contribution is 0.0636. The summed E-state index contributed by atoms with van der Waals surface area (Å²) in [6.45, 7) is 7.38. The fraction of sp³-hybridized carbons (Fsp3) is 0.370. The summed E-state index contributed by atoms with van der Waals surface area (Å²) < 4.78 is 46.4. The van der Waals surface area contributed by atoms with E-state index in [0.717, 1.165) is 0 Å². The highest BCUT2D eigenvalue weighted by atomic mass is 19.3. The number of pyridine rings is 1. The zero-order valence-corrected chi connectivity index (χ0v) is 22.5. The molecule has 40 heavy (non-hydrogen) atoms. The van der Waals surface area contributed by atoms with E-state index in [1.165, 1.54) is 23.8 Å². The van der Waals surface area contributed by atoms with E-state index in [1.54, 1.807) is 45.3 Å². The van der Waals surface area contributed by atoms with Gasteiger partial charge >= 0.3 is 6.09 Å². The zero-order valence-electron chi connectivity index (χ0n) is 22.5. The molecule has 0 spiro atoms. The molecule has 5 rings (SSSR count). The van der Waals surface area contributed by atoms with E-state index < -0.39 is 23.9 Å². The first-order valence-electron chi connectivity index (χ1n) is 12.6. The van der Waals surface area contributed by atoms with Crippen molar-refractivity contribution >= 4 is 28.6 Å². The quantitative estimate of drug-likeness (QED) is 0.352. The van der Waals surface area contributed by atoms with E-state index in [9.17, 15) is 13.6 Å². The van der Waals surface area contributed by atoms with Crippen LogP contribution in [0.4, 0.5) is 25.1 Å². The molecule has 1 saturated heterocycles. The molecule has 1 amide bonds. The smallest absolute Gasteiger partial charge is 0.412 e. The minimum absolute atomic E-state index is 0.0166. The Balaban J connectivity index is 1.71. The van der Waals surface area contributed by atoms with Crippen LogP contribution in [0, 0.1) is 0 Å². The van der Waals surface area contributed by atoms with Gasteiger partial charge in [-0.2, -0.15) is 4.98 Å². The summed E-state index contributed by atoms with van der Waals surface area (Å²) >= 11 is 0. The molecule has 1 aromatic carbocycles. The molecule has 4 heterocycles. The summed E-state index contributed by atoms with van der Waals surface area (Å²) in [5.74, 6) is 0.140. The van der Waals surface area contributed by atoms with Crippen LogP contribution in [-0.2, 0) is 9.47 Å². The molecule has 1 fully saturated rings. The lowest BCUT2D eigenvalue weighted by Gasteiger charge is -2.28. The number of amides is 1. The molecule has 0 radical (unpaired) electrons. The van der Waals surface area contributed by atoms with Crippen LogP contribution in [0.15, 0.2) is 42.7 Å². The molecule has 210 valence electrons. The number of hydrogen-bond donors (Lipinski definition) is 1. The van der Waals surface area contributed by atoms with Gasteiger partial charge in [-0.1, -0.05) is 0 Å². The van der Waals surface area contributed by atoms with Crippen molar-refractivity contribution in [2.75, 3.05) is 43.6 Å². The Kier molecular flexibility index (Phi) is 7.48. The van der Waals surface area contributed by atoms with E-state index in [4.69, 9.17) is 14.2 Å². The number of rotatable bonds is 6. The molecular weight excluding hydrogens is 524 g/mol. The first kappa shape index (κ1) is 27.2. The molecule has 1 N–H and O–H groups in total. The lowest BCUT2D eigenvalue weighted by atomic mass is 10.2. The van der Waals surface area contributed by atoms with Gasteiger partial charge in [-0.25, -0.2) is 23.5 Å². The third-order valence-corrected chi connectivity index (χ3v) is 6.00. The van der Waals surface area contributed by atoms with Gasteiger partial charge < -0.3 is 19.1 Å². The summed E-state index contributed by atoms with van der Waals surface area (Å²) in [5, 5.41) is 2.64. The van der Waals surface area contributed by atoms with Gasteiger partial charge in [0.05, 0.1) is 31.5 Å². The average molecular weight is 554 g/mol. The molecule has 1 aliphatic heterocycles. The summed E-state index contributed by atoms with van der Waals surface area (Å²) in [7, 11) is 1.39. The summed E-state index contributed by atoms with van der Waals surface area (Å²) in [5.41, 5.74) is 1.09. The number of aromatic nitrogens is 5. The Bertz CT molecular complexity index is 1520. The number of carbonyl (C=O) groups excluding carboxylic acids is 1. The Hall–Kier alpha value is -4.39. The number of fused-ring (bicyclic) bond motifs is 1. The van der Waals surface area contributed by atoms with Crippen molar-refractivity contribution < 1.29 is 27.8 Å². The number of imidazole rings is 1. The summed E-state index contributed by atoms with van der Waals surface area (Å²) in [4.78, 5) is 32.2. The first-order chi connectivity index (χ1) is 19.1. The fourth-order valence-electron chi connectivity index (χ4n) is 4.31. The number of anilines is 2. The van der Waals surface area contributed by atoms with E-state index in [2.05, 4.69) is 25.3 Å². The standard InChI is InChI=1S/C27H29F2N7O4/c1-27(2,3)40-26(37)31-17-12-19-22(20(13-17)38-4)34-24(23(28)29)36(19)25-32-18(16-6-5-7-30-15-16)14-21(33-25)35-8-10-39-11-9-35/h5-7,12-15,23H,8-11H2,1-4H3,(H,31,37). The van der Waals surface area contributed by atoms with Gasteiger partial charge in [-0.15, -0.1) is 0 Å². The van der Waals surface area contributed by atoms with Gasteiger partial charge in [0.25, 0.3) is 6.43 Å². The number of methoxy groups -OCH3 is 1. The zero-order chi connectivity index (χ0) is 28.4. The number of morpholine rings is 1. The Labute approximate surface area is 229 Å². The van der Waals surface area contributed by atoms with Crippen molar-refractivity contribution in [1.82, 2.24) is 24.5 Å². The van der Waals surface area contributed by atoms with E-state index in [-0.39, 0.29) is 28.4 Å². The first-order valence-corrected chi connectivity index (χ1v) is 12.6. The molecule has 0 aliphatic carbocycles. The second kappa shape index (κ2) is 11.0. The highest BCUT2D eigenvalue weighted by Gasteiger charge is 2.27. The second-order valence-corrected chi connectivity index (χ2v) is 10.0. The number of carbonyl (C=O) groups is 1. The van der Waals surface area contributed by atoms with Crippen LogP contribution < -0.4 is 15.0 Å². The van der Waals surface area contributed by atoms with Crippen LogP contribution in [0.2, 0.25) is 0 Å². The molecule has 11 nitrogen and oxygen atoms in total. The average Bonchev–Trinajstić information content (AvgIpc) is 3.32. The third kappa shape index (κ3) is 5.78. The predicted molar refractivity (Wildman–Crippen MR) is 144 cm³/mol. The maximum atomic E-state index is 14.5. The summed E-state index contributed by atoms with van der Waals surface area (Å²) in [6, 6.07) is 8.39. The van der Waals surface area contributed by atoms with Gasteiger partial charge in [0.2, 0.25) is 5.95 Å². The van der Waals surface area contributed by atoms with Crippen LogP contribution in [0.5, 0.6) is 5.75 Å². The van der Waals surface area contributed by atoms with Crippen molar-refractivity contribution in [2.45, 2.75) is 32.8 Å². The molecular formula is C27H29F2N7O4. The lowest BCUT2D eigenvalue weighted by Crippen LogP contribution is -2.37. The third-order valence-electron chi connectivity index (χ3n) is 6.00. The largest absolute Gasteiger partial charge is 0.494 e. The van der Waals surface area contributed by atoms with E-state index in [1.807, 2.05) is 11.0 Å². The van der Waals surface area contributed by atoms with Gasteiger partial charge in [-0.05, 0) is 39.0 Å². The van der Waals surface area contributed by atoms with Gasteiger partial charge in [0, 0.05) is 48.9 Å². The minimum Gasteiger partial charge on any atom is -0.494 e. The number of ether oxygens (including phenoxy) is 3. The normalized spacial score (nSPS) is 14.0. The molecule has 4 aromatic rings. The molecule has 0 bridgehead atoms. The monoisotopic (exact) mass is 553 g/mol. The SMILES string of the molecule is COc1cc(NC(=O)OC(C)(C)C)cc2c1nc(C(F)F)n2-c1nc(-c2cccnc2)cc(N2CCOCC2)n1. The molecule has 1 aliphatic rings. The van der Waals surface area contributed by atoms with Crippen LogP contribution >= 0.6 is 0 Å². The Morgan fingerprint density at radius 2 is 1.90 bits per heavy atom. The maximum Gasteiger partial charge on any atom is 0.412 e. The van der Waals surface area contributed by atoms with Crippen molar-refractivity contribution in [1.29, 1.82) is 0 Å². The Morgan fingerprint density at radius 1 is 1.12 bits per heavy atom. The van der Waals surface area contributed by atoms with Crippen molar-refractivity contribution in [3.63, 3.8) is 0 Å². The van der Waals surface area contributed by atoms with Crippen molar-refractivity contribution in [3.8, 4) is 23.0 Å². The highest BCUT2D eigenvalue weighted by Crippen LogP contribution is 2.35. The van der Waals surface area contributed by atoms with Gasteiger partial charge in [0.15, 0.2) is 5.82 Å². The topological polar surface area (TPSA) is 117 Å². The van der Waals surface area contributed by atoms with Gasteiger partial charge in [-0.3, -0.25) is 14.9 Å². The van der Waals surface area contributed by atoms with E-state index in [0.29, 0.717) is 43.4 Å². The fourth-order valence-corrected chi connectivity index (χ4v) is 4.31. The second-order valence-electron chi connectivity index (χ2n) is 10.0. The maximum absolute atomic E-state index is 14.5. The molecule has 0 atom stereocenters. The number of hydrogen-bond acceptors (Lipinski definition) is 9. The number of nitrogens with zero attached hydrogens (tertiary/aromatic N) is 6. The number of nitrogens with one attached hydrogen (secondary N) is 1. The molecule has 0 unspecified atom stereocenters. The highest BCUT2D eigenvalue weighted by molar-refractivity contribution is 5.93. The number of alkyl halides is 2. The predicted octanol–water partition coefficient (Wildman–Crippen LogP) is 5.01. The van der Waals surface area contributed by atoms with Crippen LogP contribution in [0.25, 0.3) is 28.2 Å². The van der Waals surface area contributed by atoms with Crippen LogP contribution in [0.1, 0.15) is 33.0 Å². The molecule has 3 aromatic heterocycles. The van der Waals surface area contributed by atoms with Gasteiger partial charge in [0.1, 0.15) is 22.7 Å². The van der Waals surface area contributed by atoms with Crippen LogP contribution in [-0.4, -0.2) is 69.6 Å². The van der Waals surface area contributed by atoms with Crippen LogP contribution in [0.3, 0.4) is 0 Å². The molecule has 0 saturated carbocycles. The Morgan fingerprint density at radius 3 is 2.55 bits per heavy atom. The van der Waals surface area contributed by atoms with Crippen molar-refractivity contribution in [3.05, 3.63) is 48.5 Å². The number of benzene rings is 1. The van der Waals surface area contributed by atoms with E-state index >= 15 is 0 Å². The molecule has 13 heteroatoms. The number of halogens is 2. The van der Waals surface area contributed by atoms with Crippen molar-refractivity contribution in [2.24, 2.45) is 0 Å². The minimum atomic E-state index is -2.96. The summed E-state index contributed by atoms with van der Waals surface area (Å²) in [6.07, 6.45) is -0.394.